The van der Waals surface area contributed by atoms with Crippen LogP contribution in [-0.2, 0) is 0 Å². The summed E-state index contributed by atoms with van der Waals surface area (Å²) >= 11 is 0. The lowest BCUT2D eigenvalue weighted by Gasteiger charge is -2.33. The first kappa shape index (κ1) is 16.5. The van der Waals surface area contributed by atoms with Gasteiger partial charge in [0, 0.05) is 30.9 Å². The number of rotatable bonds is 4. The van der Waals surface area contributed by atoms with Crippen LogP contribution in [0.1, 0.15) is 30.1 Å². The number of aromatic nitrogens is 1. The molecule has 0 spiro atoms. The van der Waals surface area contributed by atoms with Crippen LogP contribution in [0.2, 0.25) is 0 Å². The van der Waals surface area contributed by atoms with Gasteiger partial charge in [0.25, 0.3) is 5.91 Å². The van der Waals surface area contributed by atoms with Gasteiger partial charge in [0.1, 0.15) is 11.5 Å². The van der Waals surface area contributed by atoms with Gasteiger partial charge in [-0.2, -0.15) is 0 Å². The highest BCUT2D eigenvalue weighted by Crippen LogP contribution is 2.23. The molecular weight excluding hydrogens is 302 g/mol. The molecule has 1 amide bonds. The summed E-state index contributed by atoms with van der Waals surface area (Å²) in [5.74, 6) is 1.96. The summed E-state index contributed by atoms with van der Waals surface area (Å²) in [7, 11) is 0. The lowest BCUT2D eigenvalue weighted by molar-refractivity contribution is 0.0681. The standard InChI is InChI=1S/C19H23N3O2/c1-14(20)15-8-11-22(12-9-15)19(23)16-4-6-17(7-5-16)24-18-3-2-10-21-13-18/h2-7,10,13-15H,8-9,11-12,20H2,1H3. The summed E-state index contributed by atoms with van der Waals surface area (Å²) in [5.41, 5.74) is 6.65. The minimum atomic E-state index is 0.0750. The molecule has 0 radical (unpaired) electrons. The molecule has 1 unspecified atom stereocenters. The highest BCUT2D eigenvalue weighted by atomic mass is 16.5. The third-order valence-electron chi connectivity index (χ3n) is 4.54. The molecule has 126 valence electrons. The van der Waals surface area contributed by atoms with Crippen molar-refractivity contribution < 1.29 is 9.53 Å². The molecule has 3 rings (SSSR count). The van der Waals surface area contributed by atoms with E-state index in [0.717, 1.165) is 25.9 Å². The molecule has 0 saturated carbocycles. The van der Waals surface area contributed by atoms with E-state index >= 15 is 0 Å². The maximum Gasteiger partial charge on any atom is 0.253 e. The Morgan fingerprint density at radius 1 is 1.21 bits per heavy atom. The molecule has 1 aromatic heterocycles. The molecule has 0 bridgehead atoms. The lowest BCUT2D eigenvalue weighted by atomic mass is 9.90. The normalized spacial score (nSPS) is 16.7. The summed E-state index contributed by atoms with van der Waals surface area (Å²) in [6.45, 7) is 3.60. The zero-order chi connectivity index (χ0) is 16.9. The number of nitrogens with two attached hydrogens (primary N) is 1. The second kappa shape index (κ2) is 7.45. The van der Waals surface area contributed by atoms with Crippen molar-refractivity contribution in [1.82, 2.24) is 9.88 Å². The summed E-state index contributed by atoms with van der Waals surface area (Å²) in [5, 5.41) is 0. The second-order valence-electron chi connectivity index (χ2n) is 6.30. The minimum Gasteiger partial charge on any atom is -0.456 e. The minimum absolute atomic E-state index is 0.0750. The molecule has 2 aromatic rings. The fourth-order valence-corrected chi connectivity index (χ4v) is 3.02. The van der Waals surface area contributed by atoms with E-state index < -0.39 is 0 Å². The largest absolute Gasteiger partial charge is 0.456 e. The van der Waals surface area contributed by atoms with Crippen molar-refractivity contribution in [3.63, 3.8) is 0 Å². The lowest BCUT2D eigenvalue weighted by Crippen LogP contribution is -2.42. The molecule has 24 heavy (non-hydrogen) atoms. The highest BCUT2D eigenvalue weighted by Gasteiger charge is 2.25. The zero-order valence-electron chi connectivity index (χ0n) is 13.9. The molecule has 2 N–H and O–H groups in total. The number of carbonyl (C=O) groups excluding carboxylic acids is 1. The quantitative estimate of drug-likeness (QED) is 0.938. The maximum absolute atomic E-state index is 12.6. The van der Waals surface area contributed by atoms with Gasteiger partial charge in [-0.05, 0) is 62.1 Å². The van der Waals surface area contributed by atoms with E-state index in [1.165, 1.54) is 0 Å². The predicted octanol–water partition coefficient (Wildman–Crippen LogP) is 3.07. The van der Waals surface area contributed by atoms with Crippen molar-refractivity contribution in [2.45, 2.75) is 25.8 Å². The monoisotopic (exact) mass is 325 g/mol. The summed E-state index contributed by atoms with van der Waals surface area (Å²) in [6.07, 6.45) is 5.31. The van der Waals surface area contributed by atoms with Gasteiger partial charge in [-0.25, -0.2) is 0 Å². The Morgan fingerprint density at radius 3 is 2.50 bits per heavy atom. The first-order valence-corrected chi connectivity index (χ1v) is 8.36. The SMILES string of the molecule is CC(N)C1CCN(C(=O)c2ccc(Oc3cccnc3)cc2)CC1. The van der Waals surface area contributed by atoms with Crippen molar-refractivity contribution in [2.75, 3.05) is 13.1 Å². The van der Waals surface area contributed by atoms with Gasteiger partial charge in [0.2, 0.25) is 0 Å². The van der Waals surface area contributed by atoms with Crippen LogP contribution in [0.25, 0.3) is 0 Å². The average molecular weight is 325 g/mol. The Hall–Kier alpha value is -2.40. The first-order chi connectivity index (χ1) is 11.6. The molecule has 2 heterocycles. The summed E-state index contributed by atoms with van der Waals surface area (Å²) < 4.78 is 5.70. The summed E-state index contributed by atoms with van der Waals surface area (Å²) in [4.78, 5) is 18.5. The van der Waals surface area contributed by atoms with Gasteiger partial charge >= 0.3 is 0 Å². The van der Waals surface area contributed by atoms with Crippen molar-refractivity contribution in [2.24, 2.45) is 11.7 Å². The van der Waals surface area contributed by atoms with Gasteiger partial charge < -0.3 is 15.4 Å². The number of hydrogen-bond donors (Lipinski definition) is 1. The first-order valence-electron chi connectivity index (χ1n) is 8.36. The van der Waals surface area contributed by atoms with E-state index in [-0.39, 0.29) is 11.9 Å². The molecule has 1 saturated heterocycles. The molecule has 1 aliphatic rings. The number of carbonyl (C=O) groups is 1. The molecule has 1 atom stereocenters. The average Bonchev–Trinajstić information content (AvgIpc) is 2.63. The molecule has 1 aromatic carbocycles. The van der Waals surface area contributed by atoms with Gasteiger partial charge in [-0.15, -0.1) is 0 Å². The predicted molar refractivity (Wildman–Crippen MR) is 93.0 cm³/mol. The van der Waals surface area contributed by atoms with Crippen molar-refractivity contribution in [1.29, 1.82) is 0 Å². The van der Waals surface area contributed by atoms with E-state index in [4.69, 9.17) is 10.5 Å². The van der Waals surface area contributed by atoms with Crippen LogP contribution in [-0.4, -0.2) is 34.9 Å². The smallest absolute Gasteiger partial charge is 0.253 e. The number of amides is 1. The van der Waals surface area contributed by atoms with Crippen LogP contribution in [0, 0.1) is 5.92 Å². The number of ether oxygens (including phenoxy) is 1. The van der Waals surface area contributed by atoms with Crippen molar-refractivity contribution in [3.05, 3.63) is 54.4 Å². The second-order valence-corrected chi connectivity index (χ2v) is 6.30. The number of benzene rings is 1. The van der Waals surface area contributed by atoms with Gasteiger partial charge in [0.05, 0.1) is 6.20 Å². The summed E-state index contributed by atoms with van der Waals surface area (Å²) in [6, 6.07) is 11.1. The van der Waals surface area contributed by atoms with E-state index in [2.05, 4.69) is 4.98 Å². The van der Waals surface area contributed by atoms with Crippen LogP contribution in [0.5, 0.6) is 11.5 Å². The van der Waals surface area contributed by atoms with Crippen LogP contribution < -0.4 is 10.5 Å². The number of likely N-dealkylation sites (tertiary alicyclic amines) is 1. The highest BCUT2D eigenvalue weighted by molar-refractivity contribution is 5.94. The van der Waals surface area contributed by atoms with Crippen LogP contribution in [0.15, 0.2) is 48.8 Å². The number of piperidine rings is 1. The molecular formula is C19H23N3O2. The molecule has 1 aliphatic heterocycles. The van der Waals surface area contributed by atoms with Gasteiger partial charge in [-0.3, -0.25) is 9.78 Å². The van der Waals surface area contributed by atoms with E-state index in [9.17, 15) is 4.79 Å². The van der Waals surface area contributed by atoms with Crippen molar-refractivity contribution >= 4 is 5.91 Å². The van der Waals surface area contributed by atoms with E-state index in [1.807, 2.05) is 48.2 Å². The Balaban J connectivity index is 1.60. The maximum atomic E-state index is 12.6. The number of nitrogens with zero attached hydrogens (tertiary/aromatic N) is 2. The Morgan fingerprint density at radius 2 is 1.92 bits per heavy atom. The topological polar surface area (TPSA) is 68.5 Å². The molecule has 0 aliphatic carbocycles. The molecule has 5 nitrogen and oxygen atoms in total. The number of pyridine rings is 1. The number of hydrogen-bond acceptors (Lipinski definition) is 4. The Kier molecular flexibility index (Phi) is 5.11. The van der Waals surface area contributed by atoms with Gasteiger partial charge in [-0.1, -0.05) is 0 Å². The molecule has 1 fully saturated rings. The zero-order valence-corrected chi connectivity index (χ0v) is 13.9. The van der Waals surface area contributed by atoms with Crippen LogP contribution in [0.3, 0.4) is 0 Å². The fraction of sp³-hybridized carbons (Fsp3) is 0.368. The Labute approximate surface area is 142 Å². The van der Waals surface area contributed by atoms with E-state index in [1.54, 1.807) is 12.4 Å². The van der Waals surface area contributed by atoms with Crippen LogP contribution >= 0.6 is 0 Å². The van der Waals surface area contributed by atoms with Gasteiger partial charge in [0.15, 0.2) is 0 Å². The third kappa shape index (κ3) is 3.92. The Bertz CT molecular complexity index is 663. The fourth-order valence-electron chi connectivity index (χ4n) is 3.02. The van der Waals surface area contributed by atoms with Crippen LogP contribution in [0.4, 0.5) is 0 Å². The molecule has 5 heteroatoms. The third-order valence-corrected chi connectivity index (χ3v) is 4.54. The van der Waals surface area contributed by atoms with E-state index in [0.29, 0.717) is 23.0 Å². The van der Waals surface area contributed by atoms with Crippen molar-refractivity contribution in [3.8, 4) is 11.5 Å².